The van der Waals surface area contributed by atoms with Crippen molar-refractivity contribution in [2.75, 3.05) is 13.2 Å². The van der Waals surface area contributed by atoms with Crippen molar-refractivity contribution in [2.45, 2.75) is 37.6 Å². The smallest absolute Gasteiger partial charge is 0.407 e. The number of ether oxygens (including phenoxy) is 1. The van der Waals surface area contributed by atoms with Gasteiger partial charge >= 0.3 is 12.1 Å². The number of nitrogens with one attached hydrogen (secondary N) is 2. The van der Waals surface area contributed by atoms with Crippen molar-refractivity contribution in [3.8, 4) is 11.1 Å². The Labute approximate surface area is 180 Å². The molecule has 2 amide bonds. The third-order valence-electron chi connectivity index (χ3n) is 6.14. The summed E-state index contributed by atoms with van der Waals surface area (Å²) < 4.78 is 5.41. The molecule has 7 nitrogen and oxygen atoms in total. The maximum Gasteiger partial charge on any atom is 0.407 e. The number of rotatable bonds is 8. The molecule has 3 N–H and O–H groups in total. The minimum Gasteiger partial charge on any atom is -0.480 e. The predicted molar refractivity (Wildman–Crippen MR) is 115 cm³/mol. The van der Waals surface area contributed by atoms with Gasteiger partial charge in [-0.1, -0.05) is 55.0 Å². The fourth-order valence-corrected chi connectivity index (χ4v) is 4.19. The molecule has 2 aliphatic carbocycles. The number of fused-ring (bicyclic) bond motifs is 3. The third-order valence-corrected chi connectivity index (χ3v) is 6.14. The molecule has 4 rings (SSSR count). The molecule has 0 spiro atoms. The number of carbonyl (C=O) groups is 3. The highest BCUT2D eigenvalue weighted by atomic mass is 16.5. The van der Waals surface area contributed by atoms with E-state index in [0.29, 0.717) is 0 Å². The minimum atomic E-state index is -1.16. The molecular weight excluding hydrogens is 396 g/mol. The lowest BCUT2D eigenvalue weighted by Gasteiger charge is -2.24. The molecule has 1 unspecified atom stereocenters. The summed E-state index contributed by atoms with van der Waals surface area (Å²) in [7, 11) is 0. The van der Waals surface area contributed by atoms with Crippen molar-refractivity contribution in [1.82, 2.24) is 10.6 Å². The molecule has 1 saturated carbocycles. The highest BCUT2D eigenvalue weighted by Gasteiger charge is 2.30. The summed E-state index contributed by atoms with van der Waals surface area (Å²) in [4.78, 5) is 35.7. The quantitative estimate of drug-likeness (QED) is 0.606. The Balaban J connectivity index is 1.31. The maximum absolute atomic E-state index is 12.3. The average Bonchev–Trinajstić information content (AvgIpc) is 3.04. The number of aliphatic carboxylic acids is 1. The second kappa shape index (κ2) is 9.20. The Kier molecular flexibility index (Phi) is 6.21. The number of benzene rings is 2. The molecule has 1 fully saturated rings. The van der Waals surface area contributed by atoms with Crippen LogP contribution in [-0.2, 0) is 14.3 Å². The van der Waals surface area contributed by atoms with Crippen LogP contribution >= 0.6 is 0 Å². The summed E-state index contributed by atoms with van der Waals surface area (Å²) in [6.45, 7) is 0.306. The van der Waals surface area contributed by atoms with Gasteiger partial charge in [-0.05, 0) is 41.5 Å². The first kappa shape index (κ1) is 20.9. The van der Waals surface area contributed by atoms with E-state index in [9.17, 15) is 19.5 Å². The topological polar surface area (TPSA) is 105 Å². The molecule has 162 valence electrons. The normalized spacial score (nSPS) is 15.9. The maximum atomic E-state index is 12.3. The Hall–Kier alpha value is -3.35. The van der Waals surface area contributed by atoms with Crippen LogP contribution in [0.5, 0.6) is 0 Å². The zero-order valence-corrected chi connectivity index (χ0v) is 17.2. The van der Waals surface area contributed by atoms with E-state index in [1.54, 1.807) is 0 Å². The molecule has 1 atom stereocenters. The number of carbonyl (C=O) groups excluding carboxylic acids is 2. The molecule has 0 bridgehead atoms. The Morgan fingerprint density at radius 1 is 1.00 bits per heavy atom. The first-order chi connectivity index (χ1) is 15.0. The van der Waals surface area contributed by atoms with Crippen LogP contribution in [-0.4, -0.2) is 42.3 Å². The van der Waals surface area contributed by atoms with E-state index in [0.717, 1.165) is 41.5 Å². The molecule has 7 heteroatoms. The molecule has 0 aromatic heterocycles. The fourth-order valence-electron chi connectivity index (χ4n) is 4.19. The van der Waals surface area contributed by atoms with E-state index in [1.807, 2.05) is 48.5 Å². The highest BCUT2D eigenvalue weighted by molar-refractivity contribution is 5.81. The number of carboxylic acid groups (broad SMARTS) is 1. The molecular formula is C24H26N2O5. The van der Waals surface area contributed by atoms with Crippen molar-refractivity contribution in [1.29, 1.82) is 0 Å². The standard InChI is InChI=1S/C24H26N2O5/c27-22(15-6-5-7-15)25-13-12-21(23(28)29)26-24(30)31-14-20-18-10-3-1-8-16(18)17-9-2-4-11-19(17)20/h1-4,8-11,15,20-21H,5-7,12-14H2,(H,25,27)(H,26,30)(H,28,29). The predicted octanol–water partition coefficient (Wildman–Crippen LogP) is 3.28. The summed E-state index contributed by atoms with van der Waals surface area (Å²) in [6.07, 6.45) is 2.13. The Bertz CT molecular complexity index is 940. The van der Waals surface area contributed by atoms with Gasteiger partial charge in [0.2, 0.25) is 5.91 Å². The fraction of sp³-hybridized carbons (Fsp3) is 0.375. The van der Waals surface area contributed by atoms with Gasteiger partial charge in [0.1, 0.15) is 12.6 Å². The highest BCUT2D eigenvalue weighted by Crippen LogP contribution is 2.44. The monoisotopic (exact) mass is 422 g/mol. The van der Waals surface area contributed by atoms with Gasteiger partial charge in [0.25, 0.3) is 0 Å². The molecule has 0 heterocycles. The van der Waals surface area contributed by atoms with E-state index in [2.05, 4.69) is 10.6 Å². The number of amides is 2. The van der Waals surface area contributed by atoms with E-state index in [4.69, 9.17) is 4.74 Å². The molecule has 31 heavy (non-hydrogen) atoms. The first-order valence-electron chi connectivity index (χ1n) is 10.7. The van der Waals surface area contributed by atoms with E-state index in [1.165, 1.54) is 0 Å². The molecule has 0 aliphatic heterocycles. The lowest BCUT2D eigenvalue weighted by Crippen LogP contribution is -2.44. The Morgan fingerprint density at radius 3 is 2.16 bits per heavy atom. The van der Waals surface area contributed by atoms with Crippen LogP contribution in [0.3, 0.4) is 0 Å². The largest absolute Gasteiger partial charge is 0.480 e. The van der Waals surface area contributed by atoms with Crippen LogP contribution in [0, 0.1) is 5.92 Å². The number of hydrogen-bond donors (Lipinski definition) is 3. The lowest BCUT2D eigenvalue weighted by molar-refractivity contribution is -0.139. The number of alkyl carbamates (subject to hydrolysis) is 1. The summed E-state index contributed by atoms with van der Waals surface area (Å²) in [5.74, 6) is -1.26. The van der Waals surface area contributed by atoms with Crippen molar-refractivity contribution in [3.63, 3.8) is 0 Å². The van der Waals surface area contributed by atoms with Gasteiger partial charge < -0.3 is 20.5 Å². The van der Waals surface area contributed by atoms with Crippen molar-refractivity contribution >= 4 is 18.0 Å². The van der Waals surface area contributed by atoms with Crippen molar-refractivity contribution < 1.29 is 24.2 Å². The first-order valence-corrected chi connectivity index (χ1v) is 10.7. The van der Waals surface area contributed by atoms with Crippen LogP contribution in [0.1, 0.15) is 42.7 Å². The zero-order valence-electron chi connectivity index (χ0n) is 17.2. The van der Waals surface area contributed by atoms with Gasteiger partial charge in [0.05, 0.1) is 0 Å². The lowest BCUT2D eigenvalue weighted by atomic mass is 9.85. The summed E-state index contributed by atoms with van der Waals surface area (Å²) in [5.41, 5.74) is 4.42. The van der Waals surface area contributed by atoms with Crippen molar-refractivity contribution in [3.05, 3.63) is 59.7 Å². The summed E-state index contributed by atoms with van der Waals surface area (Å²) in [5, 5.41) is 14.6. The summed E-state index contributed by atoms with van der Waals surface area (Å²) in [6, 6.07) is 14.9. The number of hydrogen-bond acceptors (Lipinski definition) is 4. The average molecular weight is 422 g/mol. The van der Waals surface area contributed by atoms with Crippen LogP contribution in [0.4, 0.5) is 4.79 Å². The molecule has 2 aliphatic rings. The molecule has 0 radical (unpaired) electrons. The van der Waals surface area contributed by atoms with Gasteiger partial charge in [0.15, 0.2) is 0 Å². The van der Waals surface area contributed by atoms with Crippen LogP contribution in [0.15, 0.2) is 48.5 Å². The van der Waals surface area contributed by atoms with Gasteiger partial charge in [0, 0.05) is 18.4 Å². The van der Waals surface area contributed by atoms with Crippen LogP contribution in [0.2, 0.25) is 0 Å². The second-order valence-corrected chi connectivity index (χ2v) is 8.07. The van der Waals surface area contributed by atoms with E-state index >= 15 is 0 Å². The molecule has 0 saturated heterocycles. The third kappa shape index (κ3) is 4.55. The van der Waals surface area contributed by atoms with Crippen LogP contribution < -0.4 is 10.6 Å². The van der Waals surface area contributed by atoms with Crippen molar-refractivity contribution in [2.24, 2.45) is 5.92 Å². The molecule has 2 aromatic carbocycles. The van der Waals surface area contributed by atoms with Crippen LogP contribution in [0.25, 0.3) is 11.1 Å². The second-order valence-electron chi connectivity index (χ2n) is 8.07. The van der Waals surface area contributed by atoms with E-state index < -0.39 is 18.1 Å². The summed E-state index contributed by atoms with van der Waals surface area (Å²) >= 11 is 0. The van der Waals surface area contributed by atoms with Gasteiger partial charge in [-0.15, -0.1) is 0 Å². The number of carboxylic acids is 1. The van der Waals surface area contributed by atoms with Gasteiger partial charge in [-0.25, -0.2) is 9.59 Å². The molecule has 2 aromatic rings. The van der Waals surface area contributed by atoms with E-state index in [-0.39, 0.29) is 37.3 Å². The SMILES string of the molecule is O=C(NC(CCNC(=O)C1CCC1)C(=O)O)OCC1c2ccccc2-c2ccccc21. The minimum absolute atomic E-state index is 0.0402. The Morgan fingerprint density at radius 2 is 1.61 bits per heavy atom. The van der Waals surface area contributed by atoms with Gasteiger partial charge in [-0.2, -0.15) is 0 Å². The zero-order chi connectivity index (χ0) is 21.8. The van der Waals surface area contributed by atoms with Gasteiger partial charge in [-0.3, -0.25) is 4.79 Å².